The van der Waals surface area contributed by atoms with E-state index in [0.29, 0.717) is 6.61 Å². The number of halogens is 1. The first-order valence-electron chi connectivity index (χ1n) is 6.74. The summed E-state index contributed by atoms with van der Waals surface area (Å²) < 4.78 is 5.89. The third kappa shape index (κ3) is 4.29. The Labute approximate surface area is 120 Å². The number of benzene rings is 2. The largest absolute Gasteiger partial charge is 0.493 e. The lowest BCUT2D eigenvalue weighted by atomic mass is 10.1. The SMILES string of the molecule is CCCc1cc(Cl)ccc1OCCc1ccccc1. The lowest BCUT2D eigenvalue weighted by Crippen LogP contribution is -2.03. The van der Waals surface area contributed by atoms with Crippen molar-refractivity contribution in [2.24, 2.45) is 0 Å². The van der Waals surface area contributed by atoms with Gasteiger partial charge in [-0.1, -0.05) is 55.3 Å². The number of rotatable bonds is 6. The van der Waals surface area contributed by atoms with E-state index in [1.807, 2.05) is 24.3 Å². The molecule has 2 heteroatoms. The van der Waals surface area contributed by atoms with Gasteiger partial charge in [-0.15, -0.1) is 0 Å². The van der Waals surface area contributed by atoms with Gasteiger partial charge in [-0.2, -0.15) is 0 Å². The molecule has 2 aromatic rings. The minimum atomic E-state index is 0.697. The van der Waals surface area contributed by atoms with E-state index in [9.17, 15) is 0 Å². The first-order chi connectivity index (χ1) is 9.29. The second-order valence-electron chi connectivity index (χ2n) is 4.59. The summed E-state index contributed by atoms with van der Waals surface area (Å²) in [5, 5.41) is 0.777. The minimum Gasteiger partial charge on any atom is -0.493 e. The van der Waals surface area contributed by atoms with E-state index in [0.717, 1.165) is 30.0 Å². The molecule has 2 rings (SSSR count). The predicted octanol–water partition coefficient (Wildman–Crippen LogP) is 4.91. The fraction of sp³-hybridized carbons (Fsp3) is 0.294. The maximum absolute atomic E-state index is 6.03. The van der Waals surface area contributed by atoms with E-state index in [-0.39, 0.29) is 0 Å². The molecule has 0 radical (unpaired) electrons. The van der Waals surface area contributed by atoms with Gasteiger partial charge in [-0.05, 0) is 35.7 Å². The van der Waals surface area contributed by atoms with Crippen LogP contribution in [0.5, 0.6) is 5.75 Å². The van der Waals surface area contributed by atoms with Crippen molar-refractivity contribution in [3.8, 4) is 5.75 Å². The van der Waals surface area contributed by atoms with Crippen molar-refractivity contribution >= 4 is 11.6 Å². The number of hydrogen-bond donors (Lipinski definition) is 0. The molecule has 0 aromatic heterocycles. The Morgan fingerprint density at radius 2 is 1.79 bits per heavy atom. The Balaban J connectivity index is 1.95. The van der Waals surface area contributed by atoms with Crippen LogP contribution in [0.15, 0.2) is 48.5 Å². The molecule has 19 heavy (non-hydrogen) atoms. The van der Waals surface area contributed by atoms with Crippen LogP contribution in [0.2, 0.25) is 5.02 Å². The molecule has 0 amide bonds. The molecule has 0 saturated carbocycles. The summed E-state index contributed by atoms with van der Waals surface area (Å²) in [6.45, 7) is 2.86. The summed E-state index contributed by atoms with van der Waals surface area (Å²) >= 11 is 6.03. The van der Waals surface area contributed by atoms with Gasteiger partial charge >= 0.3 is 0 Å². The monoisotopic (exact) mass is 274 g/mol. The molecule has 1 nitrogen and oxygen atoms in total. The van der Waals surface area contributed by atoms with E-state index >= 15 is 0 Å². The fourth-order valence-electron chi connectivity index (χ4n) is 2.08. The van der Waals surface area contributed by atoms with Crippen molar-refractivity contribution < 1.29 is 4.74 Å². The second kappa shape index (κ2) is 7.20. The zero-order valence-electron chi connectivity index (χ0n) is 11.2. The van der Waals surface area contributed by atoms with Gasteiger partial charge in [0.15, 0.2) is 0 Å². The van der Waals surface area contributed by atoms with Gasteiger partial charge < -0.3 is 4.74 Å². The van der Waals surface area contributed by atoms with Crippen LogP contribution < -0.4 is 4.74 Å². The molecule has 0 heterocycles. The molecule has 100 valence electrons. The van der Waals surface area contributed by atoms with Crippen LogP contribution in [0, 0.1) is 0 Å². The van der Waals surface area contributed by atoms with Gasteiger partial charge in [0.25, 0.3) is 0 Å². The van der Waals surface area contributed by atoms with Gasteiger partial charge in [0.05, 0.1) is 6.61 Å². The summed E-state index contributed by atoms with van der Waals surface area (Å²) in [6.07, 6.45) is 3.02. The van der Waals surface area contributed by atoms with Gasteiger partial charge in [-0.3, -0.25) is 0 Å². The highest BCUT2D eigenvalue weighted by atomic mass is 35.5. The summed E-state index contributed by atoms with van der Waals surface area (Å²) in [5.41, 5.74) is 2.50. The second-order valence-corrected chi connectivity index (χ2v) is 5.02. The molecule has 0 fully saturated rings. The van der Waals surface area contributed by atoms with Crippen LogP contribution in [-0.2, 0) is 12.8 Å². The standard InChI is InChI=1S/C17H19ClO/c1-2-6-15-13-16(18)9-10-17(15)19-12-11-14-7-4-3-5-8-14/h3-5,7-10,13H,2,6,11-12H2,1H3. The van der Waals surface area contributed by atoms with Crippen molar-refractivity contribution in [2.45, 2.75) is 26.2 Å². The Morgan fingerprint density at radius 1 is 1.00 bits per heavy atom. The van der Waals surface area contributed by atoms with E-state index in [2.05, 4.69) is 31.2 Å². The van der Waals surface area contributed by atoms with Crippen LogP contribution >= 0.6 is 11.6 Å². The smallest absolute Gasteiger partial charge is 0.122 e. The maximum atomic E-state index is 6.03. The Bertz CT molecular complexity index is 508. The highest BCUT2D eigenvalue weighted by molar-refractivity contribution is 6.30. The van der Waals surface area contributed by atoms with Crippen LogP contribution in [0.1, 0.15) is 24.5 Å². The van der Waals surface area contributed by atoms with Crippen molar-refractivity contribution in [1.29, 1.82) is 0 Å². The fourth-order valence-corrected chi connectivity index (χ4v) is 2.27. The molecule has 0 spiro atoms. The molecule has 0 atom stereocenters. The highest BCUT2D eigenvalue weighted by Gasteiger charge is 2.04. The van der Waals surface area contributed by atoms with Gasteiger partial charge in [0.1, 0.15) is 5.75 Å². The zero-order chi connectivity index (χ0) is 13.5. The van der Waals surface area contributed by atoms with E-state index in [4.69, 9.17) is 16.3 Å². The van der Waals surface area contributed by atoms with E-state index in [1.165, 1.54) is 11.1 Å². The highest BCUT2D eigenvalue weighted by Crippen LogP contribution is 2.24. The first-order valence-corrected chi connectivity index (χ1v) is 7.12. The Morgan fingerprint density at radius 3 is 2.53 bits per heavy atom. The first kappa shape index (κ1) is 14.0. The van der Waals surface area contributed by atoms with E-state index < -0.39 is 0 Å². The van der Waals surface area contributed by atoms with Crippen molar-refractivity contribution in [3.63, 3.8) is 0 Å². The third-order valence-corrected chi connectivity index (χ3v) is 3.27. The number of ether oxygens (including phenoxy) is 1. The van der Waals surface area contributed by atoms with Crippen LogP contribution in [0.3, 0.4) is 0 Å². The van der Waals surface area contributed by atoms with Crippen molar-refractivity contribution in [3.05, 3.63) is 64.7 Å². The summed E-state index contributed by atoms with van der Waals surface area (Å²) in [7, 11) is 0. The molecule has 0 aliphatic heterocycles. The molecule has 0 aliphatic rings. The molecule has 0 aliphatic carbocycles. The lowest BCUT2D eigenvalue weighted by Gasteiger charge is -2.11. The van der Waals surface area contributed by atoms with Crippen LogP contribution in [0.25, 0.3) is 0 Å². The Kier molecular flexibility index (Phi) is 5.29. The number of hydrogen-bond acceptors (Lipinski definition) is 1. The minimum absolute atomic E-state index is 0.697. The van der Waals surface area contributed by atoms with Gasteiger partial charge in [-0.25, -0.2) is 0 Å². The molecule has 0 unspecified atom stereocenters. The molecule has 2 aromatic carbocycles. The molecular weight excluding hydrogens is 256 g/mol. The van der Waals surface area contributed by atoms with E-state index in [1.54, 1.807) is 0 Å². The Hall–Kier alpha value is -1.47. The van der Waals surface area contributed by atoms with Crippen molar-refractivity contribution in [1.82, 2.24) is 0 Å². The lowest BCUT2D eigenvalue weighted by molar-refractivity contribution is 0.318. The molecular formula is C17H19ClO. The third-order valence-electron chi connectivity index (χ3n) is 3.03. The summed E-state index contributed by atoms with van der Waals surface area (Å²) in [6, 6.07) is 16.2. The average molecular weight is 275 g/mol. The molecule has 0 bridgehead atoms. The average Bonchev–Trinajstić information content (AvgIpc) is 2.43. The zero-order valence-corrected chi connectivity index (χ0v) is 12.0. The summed E-state index contributed by atoms with van der Waals surface area (Å²) in [4.78, 5) is 0. The van der Waals surface area contributed by atoms with Crippen molar-refractivity contribution in [2.75, 3.05) is 6.61 Å². The van der Waals surface area contributed by atoms with Gasteiger partial charge in [0, 0.05) is 11.4 Å². The normalized spacial score (nSPS) is 10.4. The number of aryl methyl sites for hydroxylation is 1. The topological polar surface area (TPSA) is 9.23 Å². The summed E-state index contributed by atoms with van der Waals surface area (Å²) in [5.74, 6) is 0.960. The predicted molar refractivity (Wildman–Crippen MR) is 81.1 cm³/mol. The quantitative estimate of drug-likeness (QED) is 0.727. The maximum Gasteiger partial charge on any atom is 0.122 e. The van der Waals surface area contributed by atoms with Crippen LogP contribution in [-0.4, -0.2) is 6.61 Å². The van der Waals surface area contributed by atoms with Gasteiger partial charge in [0.2, 0.25) is 0 Å². The molecule has 0 saturated heterocycles. The molecule has 0 N–H and O–H groups in total. The van der Waals surface area contributed by atoms with Crippen LogP contribution in [0.4, 0.5) is 0 Å².